The van der Waals surface area contributed by atoms with E-state index in [2.05, 4.69) is 10.3 Å². The normalized spacial score (nSPS) is 10.4. The summed E-state index contributed by atoms with van der Waals surface area (Å²) in [4.78, 5) is 16.2. The lowest BCUT2D eigenvalue weighted by Gasteiger charge is -2.12. The molecule has 0 aliphatic heterocycles. The molecule has 1 amide bonds. The van der Waals surface area contributed by atoms with Crippen LogP contribution in [0.4, 0.5) is 0 Å². The summed E-state index contributed by atoms with van der Waals surface area (Å²) in [6.45, 7) is 5.69. The number of ether oxygens (including phenoxy) is 2. The second kappa shape index (κ2) is 11.4. The molecule has 2 rings (SSSR count). The maximum atomic E-state index is 11.9. The molecule has 0 atom stereocenters. The molecule has 1 aromatic heterocycles. The SMILES string of the molecule is CCOc1ccc(CCNC(=O)CSCc2ccccn2)cc1OCC. The van der Waals surface area contributed by atoms with Crippen LogP contribution in [0, 0.1) is 0 Å². The standard InChI is InChI=1S/C20H26N2O3S/c1-3-24-18-9-8-16(13-19(18)25-4-2)10-12-22-20(23)15-26-14-17-7-5-6-11-21-17/h5-9,11,13H,3-4,10,12,14-15H2,1-2H3,(H,22,23). The molecule has 5 nitrogen and oxygen atoms in total. The van der Waals surface area contributed by atoms with Crippen molar-refractivity contribution in [3.8, 4) is 11.5 Å². The minimum atomic E-state index is 0.0434. The summed E-state index contributed by atoms with van der Waals surface area (Å²) < 4.78 is 11.2. The third kappa shape index (κ3) is 6.96. The number of aromatic nitrogens is 1. The minimum Gasteiger partial charge on any atom is -0.490 e. The highest BCUT2D eigenvalue weighted by molar-refractivity contribution is 7.99. The van der Waals surface area contributed by atoms with Crippen molar-refractivity contribution in [1.29, 1.82) is 0 Å². The number of nitrogens with zero attached hydrogens (tertiary/aromatic N) is 1. The number of amides is 1. The Hall–Kier alpha value is -2.21. The highest BCUT2D eigenvalue weighted by atomic mass is 32.2. The second-order valence-electron chi connectivity index (χ2n) is 5.56. The van der Waals surface area contributed by atoms with Crippen molar-refractivity contribution in [2.75, 3.05) is 25.5 Å². The molecule has 0 saturated carbocycles. The number of pyridine rings is 1. The first kappa shape index (κ1) is 20.1. The van der Waals surface area contributed by atoms with Crippen LogP contribution in [0.25, 0.3) is 0 Å². The maximum Gasteiger partial charge on any atom is 0.230 e. The third-order valence-corrected chi connectivity index (χ3v) is 4.52. The van der Waals surface area contributed by atoms with Gasteiger partial charge in [0.2, 0.25) is 5.91 Å². The van der Waals surface area contributed by atoms with Gasteiger partial charge >= 0.3 is 0 Å². The summed E-state index contributed by atoms with van der Waals surface area (Å²) in [5.41, 5.74) is 2.10. The molecule has 1 aromatic carbocycles. The number of nitrogens with one attached hydrogen (secondary N) is 1. The van der Waals surface area contributed by atoms with Crippen LogP contribution in [0.2, 0.25) is 0 Å². The van der Waals surface area contributed by atoms with Gasteiger partial charge in [0.25, 0.3) is 0 Å². The average Bonchev–Trinajstić information content (AvgIpc) is 2.65. The summed E-state index contributed by atoms with van der Waals surface area (Å²) >= 11 is 1.57. The van der Waals surface area contributed by atoms with E-state index in [4.69, 9.17) is 9.47 Å². The lowest BCUT2D eigenvalue weighted by molar-refractivity contribution is -0.118. The first-order valence-electron chi connectivity index (χ1n) is 8.85. The molecule has 0 unspecified atom stereocenters. The quantitative estimate of drug-likeness (QED) is 0.653. The summed E-state index contributed by atoms with van der Waals surface area (Å²) in [5.74, 6) is 2.73. The van der Waals surface area contributed by atoms with Crippen LogP contribution >= 0.6 is 11.8 Å². The van der Waals surface area contributed by atoms with E-state index in [1.807, 2.05) is 50.2 Å². The van der Waals surface area contributed by atoms with Crippen LogP contribution in [0.5, 0.6) is 11.5 Å². The maximum absolute atomic E-state index is 11.9. The lowest BCUT2D eigenvalue weighted by Crippen LogP contribution is -2.27. The van der Waals surface area contributed by atoms with E-state index in [-0.39, 0.29) is 5.91 Å². The van der Waals surface area contributed by atoms with Crippen molar-refractivity contribution in [3.05, 3.63) is 53.9 Å². The van der Waals surface area contributed by atoms with Crippen LogP contribution in [-0.2, 0) is 17.0 Å². The number of rotatable bonds is 11. The van der Waals surface area contributed by atoms with E-state index in [0.29, 0.717) is 25.5 Å². The van der Waals surface area contributed by atoms with Crippen molar-refractivity contribution in [3.63, 3.8) is 0 Å². The summed E-state index contributed by atoms with van der Waals surface area (Å²) in [6, 6.07) is 11.7. The highest BCUT2D eigenvalue weighted by Gasteiger charge is 2.07. The first-order chi connectivity index (χ1) is 12.7. The first-order valence-corrected chi connectivity index (χ1v) is 10.0. The largest absolute Gasteiger partial charge is 0.490 e. The van der Waals surface area contributed by atoms with E-state index in [1.165, 1.54) is 0 Å². The highest BCUT2D eigenvalue weighted by Crippen LogP contribution is 2.28. The summed E-state index contributed by atoms with van der Waals surface area (Å²) in [5, 5.41) is 2.96. The van der Waals surface area contributed by atoms with E-state index < -0.39 is 0 Å². The van der Waals surface area contributed by atoms with Crippen molar-refractivity contribution in [2.45, 2.75) is 26.0 Å². The Kier molecular flexibility index (Phi) is 8.83. The van der Waals surface area contributed by atoms with Gasteiger partial charge in [-0.3, -0.25) is 9.78 Å². The number of thioether (sulfide) groups is 1. The fourth-order valence-corrected chi connectivity index (χ4v) is 3.15. The topological polar surface area (TPSA) is 60.5 Å². The molecular formula is C20H26N2O3S. The molecule has 2 aromatic rings. The van der Waals surface area contributed by atoms with Crippen molar-refractivity contribution < 1.29 is 14.3 Å². The van der Waals surface area contributed by atoms with E-state index >= 15 is 0 Å². The van der Waals surface area contributed by atoms with Gasteiger partial charge in [-0.15, -0.1) is 11.8 Å². The monoisotopic (exact) mass is 374 g/mol. The zero-order chi connectivity index (χ0) is 18.6. The molecule has 0 spiro atoms. The molecule has 6 heteroatoms. The Morgan fingerprint density at radius 2 is 1.92 bits per heavy atom. The van der Waals surface area contributed by atoms with Gasteiger partial charge in [0.1, 0.15) is 0 Å². The zero-order valence-electron chi connectivity index (χ0n) is 15.4. The molecular weight excluding hydrogens is 348 g/mol. The molecule has 26 heavy (non-hydrogen) atoms. The molecule has 1 N–H and O–H groups in total. The minimum absolute atomic E-state index is 0.0434. The lowest BCUT2D eigenvalue weighted by atomic mass is 10.1. The predicted octanol–water partition coefficient (Wildman–Crippen LogP) is 3.47. The number of benzene rings is 1. The van der Waals surface area contributed by atoms with Gasteiger partial charge < -0.3 is 14.8 Å². The predicted molar refractivity (Wildman–Crippen MR) is 106 cm³/mol. The van der Waals surface area contributed by atoms with Gasteiger partial charge in [0.05, 0.1) is 24.7 Å². The van der Waals surface area contributed by atoms with Crippen LogP contribution in [0.15, 0.2) is 42.6 Å². The second-order valence-corrected chi connectivity index (χ2v) is 6.55. The van der Waals surface area contributed by atoms with Crippen molar-refractivity contribution >= 4 is 17.7 Å². The Morgan fingerprint density at radius 3 is 2.65 bits per heavy atom. The fourth-order valence-electron chi connectivity index (χ4n) is 2.38. The van der Waals surface area contributed by atoms with Crippen LogP contribution in [0.3, 0.4) is 0 Å². The summed E-state index contributed by atoms with van der Waals surface area (Å²) in [7, 11) is 0. The van der Waals surface area contributed by atoms with Gasteiger partial charge in [-0.25, -0.2) is 0 Å². The number of carbonyl (C=O) groups excluding carboxylic acids is 1. The number of hydrogen-bond donors (Lipinski definition) is 1. The molecule has 0 saturated heterocycles. The fraction of sp³-hybridized carbons (Fsp3) is 0.400. The summed E-state index contributed by atoms with van der Waals surface area (Å²) in [6.07, 6.45) is 2.52. The average molecular weight is 375 g/mol. The Balaban J connectivity index is 1.72. The molecule has 0 aliphatic carbocycles. The molecule has 140 valence electrons. The Labute approximate surface area is 159 Å². The van der Waals surface area contributed by atoms with Gasteiger partial charge in [-0.1, -0.05) is 12.1 Å². The van der Waals surface area contributed by atoms with Crippen molar-refractivity contribution in [2.24, 2.45) is 0 Å². The Morgan fingerprint density at radius 1 is 1.12 bits per heavy atom. The smallest absolute Gasteiger partial charge is 0.230 e. The van der Waals surface area contributed by atoms with E-state index in [9.17, 15) is 4.79 Å². The van der Waals surface area contributed by atoms with Crippen LogP contribution in [-0.4, -0.2) is 36.4 Å². The number of hydrogen-bond acceptors (Lipinski definition) is 5. The molecule has 0 radical (unpaired) electrons. The van der Waals surface area contributed by atoms with Crippen LogP contribution < -0.4 is 14.8 Å². The van der Waals surface area contributed by atoms with Gasteiger partial charge in [0, 0.05) is 18.5 Å². The van der Waals surface area contributed by atoms with Gasteiger partial charge in [-0.2, -0.15) is 0 Å². The van der Waals surface area contributed by atoms with Crippen molar-refractivity contribution in [1.82, 2.24) is 10.3 Å². The van der Waals surface area contributed by atoms with Gasteiger partial charge in [-0.05, 0) is 50.1 Å². The molecule has 0 aliphatic rings. The van der Waals surface area contributed by atoms with Crippen LogP contribution in [0.1, 0.15) is 25.1 Å². The third-order valence-electron chi connectivity index (χ3n) is 3.55. The number of carbonyl (C=O) groups is 1. The van der Waals surface area contributed by atoms with Gasteiger partial charge in [0.15, 0.2) is 11.5 Å². The van der Waals surface area contributed by atoms with E-state index in [0.717, 1.165) is 34.9 Å². The Bertz CT molecular complexity index is 680. The zero-order valence-corrected chi connectivity index (χ0v) is 16.2. The molecule has 0 bridgehead atoms. The van der Waals surface area contributed by atoms with E-state index in [1.54, 1.807) is 18.0 Å². The molecule has 1 heterocycles. The molecule has 0 fully saturated rings.